The largest absolute Gasteiger partial charge is 0.493 e. The number of ether oxygens (including phenoxy) is 2. The second-order valence-corrected chi connectivity index (χ2v) is 6.05. The van der Waals surface area contributed by atoms with Gasteiger partial charge in [0.15, 0.2) is 17.3 Å². The van der Waals surface area contributed by atoms with Crippen LogP contribution >= 0.6 is 0 Å². The zero-order chi connectivity index (χ0) is 19.1. The fourth-order valence-corrected chi connectivity index (χ4v) is 2.65. The van der Waals surface area contributed by atoms with Crippen LogP contribution in [-0.2, 0) is 13.1 Å². The molecule has 3 aromatic rings. The molecule has 140 valence electrons. The van der Waals surface area contributed by atoms with Crippen LogP contribution in [0.1, 0.15) is 16.7 Å². The summed E-state index contributed by atoms with van der Waals surface area (Å²) in [5.41, 5.74) is 3.44. The van der Waals surface area contributed by atoms with E-state index in [-0.39, 0.29) is 0 Å². The monoisotopic (exact) mass is 365 g/mol. The summed E-state index contributed by atoms with van der Waals surface area (Å²) in [7, 11) is 3.23. The average molecular weight is 365 g/mol. The summed E-state index contributed by atoms with van der Waals surface area (Å²) in [6.07, 6.45) is 1.61. The van der Waals surface area contributed by atoms with Crippen molar-refractivity contribution in [3.05, 3.63) is 65.4 Å². The second-order valence-electron chi connectivity index (χ2n) is 6.05. The van der Waals surface area contributed by atoms with E-state index in [2.05, 4.69) is 50.9 Å². The van der Waals surface area contributed by atoms with Gasteiger partial charge in [0.25, 0.3) is 0 Å². The summed E-state index contributed by atoms with van der Waals surface area (Å²) >= 11 is 0. The lowest BCUT2D eigenvalue weighted by Gasteiger charge is -2.11. The van der Waals surface area contributed by atoms with E-state index in [0.717, 1.165) is 5.56 Å². The van der Waals surface area contributed by atoms with Crippen LogP contribution in [0.2, 0.25) is 0 Å². The number of aromatic nitrogens is 3. The highest BCUT2D eigenvalue weighted by Gasteiger charge is 2.06. The quantitative estimate of drug-likeness (QED) is 0.633. The maximum atomic E-state index is 5.32. The summed E-state index contributed by atoms with van der Waals surface area (Å²) in [5, 5.41) is 14.5. The molecule has 0 radical (unpaired) electrons. The van der Waals surface area contributed by atoms with Crippen LogP contribution in [0, 0.1) is 6.92 Å². The molecule has 0 aliphatic heterocycles. The van der Waals surface area contributed by atoms with Gasteiger partial charge in [-0.15, -0.1) is 5.10 Å². The standard InChI is InChI=1S/C20H23N5O2/c1-14-5-4-6-15(9-14)11-21-19-13-23-25-20(24-19)22-12-16-7-8-17(26-2)18(10-16)27-3/h4-10,13H,11-12H2,1-3H3,(H2,21,22,24,25). The van der Waals surface area contributed by atoms with Crippen molar-refractivity contribution in [3.8, 4) is 11.5 Å². The van der Waals surface area contributed by atoms with E-state index in [0.29, 0.717) is 36.4 Å². The third-order valence-corrected chi connectivity index (χ3v) is 4.01. The molecule has 2 N–H and O–H groups in total. The molecule has 0 spiro atoms. The second kappa shape index (κ2) is 8.84. The summed E-state index contributed by atoms with van der Waals surface area (Å²) in [5.74, 6) is 2.51. The molecule has 0 bridgehead atoms. The van der Waals surface area contributed by atoms with Gasteiger partial charge in [-0.25, -0.2) is 0 Å². The lowest BCUT2D eigenvalue weighted by molar-refractivity contribution is 0.354. The molecule has 0 saturated heterocycles. The van der Waals surface area contributed by atoms with Crippen molar-refractivity contribution in [1.29, 1.82) is 0 Å². The van der Waals surface area contributed by atoms with Gasteiger partial charge in [-0.05, 0) is 30.2 Å². The molecule has 1 aromatic heterocycles. The molecule has 0 amide bonds. The third kappa shape index (κ3) is 5.07. The minimum Gasteiger partial charge on any atom is -0.493 e. The number of hydrogen-bond acceptors (Lipinski definition) is 7. The molecule has 2 aromatic carbocycles. The van der Waals surface area contributed by atoms with Crippen LogP contribution in [0.15, 0.2) is 48.7 Å². The van der Waals surface area contributed by atoms with Crippen molar-refractivity contribution in [2.24, 2.45) is 0 Å². The lowest BCUT2D eigenvalue weighted by Crippen LogP contribution is -2.08. The van der Waals surface area contributed by atoms with E-state index < -0.39 is 0 Å². The van der Waals surface area contributed by atoms with E-state index >= 15 is 0 Å². The summed E-state index contributed by atoms with van der Waals surface area (Å²) in [4.78, 5) is 4.45. The van der Waals surface area contributed by atoms with Gasteiger partial charge in [0.2, 0.25) is 5.95 Å². The van der Waals surface area contributed by atoms with Crippen molar-refractivity contribution in [2.75, 3.05) is 24.9 Å². The molecule has 0 fully saturated rings. The molecule has 0 aliphatic carbocycles. The molecule has 27 heavy (non-hydrogen) atoms. The number of nitrogens with zero attached hydrogens (tertiary/aromatic N) is 3. The molecule has 7 heteroatoms. The van der Waals surface area contributed by atoms with Gasteiger partial charge in [0, 0.05) is 13.1 Å². The number of hydrogen-bond donors (Lipinski definition) is 2. The number of anilines is 2. The molecule has 0 saturated carbocycles. The topological polar surface area (TPSA) is 81.2 Å². The maximum Gasteiger partial charge on any atom is 0.244 e. The molecular formula is C20H23N5O2. The zero-order valence-corrected chi connectivity index (χ0v) is 15.7. The van der Waals surface area contributed by atoms with Crippen molar-refractivity contribution in [2.45, 2.75) is 20.0 Å². The summed E-state index contributed by atoms with van der Waals surface area (Å²) in [6, 6.07) is 14.1. The SMILES string of the molecule is COc1ccc(CNc2nncc(NCc3cccc(C)c3)n2)cc1OC. The van der Waals surface area contributed by atoms with Crippen LogP contribution < -0.4 is 20.1 Å². The molecule has 1 heterocycles. The van der Waals surface area contributed by atoms with E-state index in [1.807, 2.05) is 24.3 Å². The van der Waals surface area contributed by atoms with Crippen molar-refractivity contribution < 1.29 is 9.47 Å². The van der Waals surface area contributed by atoms with E-state index in [4.69, 9.17) is 9.47 Å². The van der Waals surface area contributed by atoms with E-state index in [9.17, 15) is 0 Å². The molecule has 0 aliphatic rings. The van der Waals surface area contributed by atoms with Crippen molar-refractivity contribution >= 4 is 11.8 Å². The Bertz CT molecular complexity index is 901. The number of benzene rings is 2. The first-order valence-electron chi connectivity index (χ1n) is 8.62. The van der Waals surface area contributed by atoms with Crippen LogP contribution in [-0.4, -0.2) is 29.4 Å². The fraction of sp³-hybridized carbons (Fsp3) is 0.250. The Morgan fingerprint density at radius 1 is 0.889 bits per heavy atom. The van der Waals surface area contributed by atoms with Crippen molar-refractivity contribution in [1.82, 2.24) is 15.2 Å². The minimum absolute atomic E-state index is 0.457. The van der Waals surface area contributed by atoms with Crippen LogP contribution in [0.4, 0.5) is 11.8 Å². The number of methoxy groups -OCH3 is 2. The predicted octanol–water partition coefficient (Wildman–Crippen LogP) is 3.42. The first kappa shape index (κ1) is 18.4. The summed E-state index contributed by atoms with van der Waals surface area (Å²) in [6.45, 7) is 3.30. The number of aryl methyl sites for hydroxylation is 1. The van der Waals surface area contributed by atoms with Gasteiger partial charge < -0.3 is 20.1 Å². The van der Waals surface area contributed by atoms with Crippen LogP contribution in [0.5, 0.6) is 11.5 Å². The normalized spacial score (nSPS) is 10.3. The van der Waals surface area contributed by atoms with E-state index in [1.165, 1.54) is 11.1 Å². The van der Waals surface area contributed by atoms with Gasteiger partial charge >= 0.3 is 0 Å². The fourth-order valence-electron chi connectivity index (χ4n) is 2.65. The first-order valence-corrected chi connectivity index (χ1v) is 8.62. The number of rotatable bonds is 8. The van der Waals surface area contributed by atoms with Crippen molar-refractivity contribution in [3.63, 3.8) is 0 Å². The van der Waals surface area contributed by atoms with Gasteiger partial charge in [0.1, 0.15) is 0 Å². The molecule has 0 unspecified atom stereocenters. The van der Waals surface area contributed by atoms with Crippen LogP contribution in [0.25, 0.3) is 0 Å². The van der Waals surface area contributed by atoms with Gasteiger partial charge in [-0.2, -0.15) is 10.1 Å². The molecule has 3 rings (SSSR count). The Morgan fingerprint density at radius 2 is 1.67 bits per heavy atom. The Kier molecular flexibility index (Phi) is 6.04. The minimum atomic E-state index is 0.457. The first-order chi connectivity index (χ1) is 13.2. The Labute approximate surface area is 158 Å². The zero-order valence-electron chi connectivity index (χ0n) is 15.7. The molecule has 7 nitrogen and oxygen atoms in total. The Hall–Kier alpha value is -3.35. The average Bonchev–Trinajstić information content (AvgIpc) is 2.71. The molecular weight excluding hydrogens is 342 g/mol. The highest BCUT2D eigenvalue weighted by Crippen LogP contribution is 2.27. The Balaban J connectivity index is 1.60. The number of nitrogens with one attached hydrogen (secondary N) is 2. The highest BCUT2D eigenvalue weighted by atomic mass is 16.5. The smallest absolute Gasteiger partial charge is 0.244 e. The Morgan fingerprint density at radius 3 is 2.44 bits per heavy atom. The summed E-state index contributed by atoms with van der Waals surface area (Å²) < 4.78 is 10.6. The van der Waals surface area contributed by atoms with Crippen LogP contribution in [0.3, 0.4) is 0 Å². The van der Waals surface area contributed by atoms with Gasteiger partial charge in [0.05, 0.1) is 20.4 Å². The lowest BCUT2D eigenvalue weighted by atomic mass is 10.1. The maximum absolute atomic E-state index is 5.32. The highest BCUT2D eigenvalue weighted by molar-refractivity contribution is 5.44. The third-order valence-electron chi connectivity index (χ3n) is 4.01. The van der Waals surface area contributed by atoms with E-state index in [1.54, 1.807) is 20.4 Å². The predicted molar refractivity (Wildman–Crippen MR) is 105 cm³/mol. The van der Waals surface area contributed by atoms with Gasteiger partial charge in [-0.3, -0.25) is 0 Å². The van der Waals surface area contributed by atoms with Gasteiger partial charge in [-0.1, -0.05) is 35.9 Å². The molecule has 0 atom stereocenters.